The Kier molecular flexibility index (Phi) is 6.39. The summed E-state index contributed by atoms with van der Waals surface area (Å²) in [6.07, 6.45) is 2.31. The van der Waals surface area contributed by atoms with Gasteiger partial charge in [-0.1, -0.05) is 0 Å². The zero-order chi connectivity index (χ0) is 5.11. The van der Waals surface area contributed by atoms with Crippen LogP contribution in [0.5, 0.6) is 0 Å². The summed E-state index contributed by atoms with van der Waals surface area (Å²) < 4.78 is 5.05. The van der Waals surface area contributed by atoms with Crippen molar-refractivity contribution in [2.45, 2.75) is 18.9 Å². The van der Waals surface area contributed by atoms with Crippen molar-refractivity contribution in [2.75, 3.05) is 13.2 Å². The van der Waals surface area contributed by atoms with Crippen LogP contribution in [0.2, 0.25) is 0 Å². The van der Waals surface area contributed by atoms with Gasteiger partial charge in [-0.2, -0.15) is 0 Å². The third-order valence-corrected chi connectivity index (χ3v) is 1.23. The van der Waals surface area contributed by atoms with Crippen molar-refractivity contribution >= 4 is 0 Å². The first-order chi connectivity index (χ1) is 3.43. The first kappa shape index (κ1) is 9.56. The smallest absolute Gasteiger partial charge is 1.00 e. The Hall–Kier alpha value is 1.56. The Morgan fingerprint density at radius 3 is 2.75 bits per heavy atom. The van der Waals surface area contributed by atoms with E-state index in [1.54, 1.807) is 0 Å². The van der Waals surface area contributed by atoms with Gasteiger partial charge in [0, 0.05) is 6.61 Å². The van der Waals surface area contributed by atoms with Crippen molar-refractivity contribution < 1.29 is 62.7 Å². The van der Waals surface area contributed by atoms with Crippen LogP contribution in [0.4, 0.5) is 0 Å². The molecular weight excluding hydrogens is 131 g/mol. The van der Waals surface area contributed by atoms with Crippen LogP contribution in [0.1, 0.15) is 14.3 Å². The quantitative estimate of drug-likeness (QED) is 0.403. The van der Waals surface area contributed by atoms with Crippen LogP contribution in [0.15, 0.2) is 0 Å². The first-order valence-electron chi connectivity index (χ1n) is 2.66. The monoisotopic (exact) mass is 142 g/mol. The molecule has 0 bridgehead atoms. The van der Waals surface area contributed by atoms with Gasteiger partial charge in [-0.15, -0.1) is 0 Å². The van der Waals surface area contributed by atoms with Gasteiger partial charge in [0.25, 0.3) is 0 Å². The van der Waals surface area contributed by atoms with Gasteiger partial charge in [-0.3, -0.25) is 0 Å². The zero-order valence-electron chi connectivity index (χ0n) is 6.26. The minimum Gasteiger partial charge on any atom is -1.00 e. The second-order valence-corrected chi connectivity index (χ2v) is 1.82. The van der Waals surface area contributed by atoms with Crippen LogP contribution in [0, 0.1) is 0 Å². The largest absolute Gasteiger partial charge is 1.00 e. The maximum atomic E-state index is 8.44. The van der Waals surface area contributed by atoms with E-state index >= 15 is 0 Å². The molecule has 1 aliphatic rings. The molecule has 1 atom stereocenters. The molecule has 2 nitrogen and oxygen atoms in total. The molecule has 1 aliphatic heterocycles. The van der Waals surface area contributed by atoms with Gasteiger partial charge in [0.15, 0.2) is 0 Å². The third kappa shape index (κ3) is 2.91. The fraction of sp³-hybridized carbons (Fsp3) is 1.00. The average Bonchev–Trinajstić information content (AvgIpc) is 2.14. The van der Waals surface area contributed by atoms with E-state index in [-0.39, 0.29) is 65.5 Å². The van der Waals surface area contributed by atoms with Gasteiger partial charge in [0.1, 0.15) is 0 Å². The van der Waals surface area contributed by atoms with E-state index < -0.39 is 0 Å². The van der Waals surface area contributed by atoms with E-state index in [1.807, 2.05) is 0 Å². The normalized spacial score (nSPS) is 27.4. The molecule has 1 saturated heterocycles. The van der Waals surface area contributed by atoms with E-state index in [0.29, 0.717) is 0 Å². The van der Waals surface area contributed by atoms with Crippen LogP contribution in [0.25, 0.3) is 0 Å². The molecule has 3 heteroatoms. The first-order valence-corrected chi connectivity index (χ1v) is 2.66. The number of hydrogen-bond acceptors (Lipinski definition) is 2. The molecule has 0 aliphatic carbocycles. The van der Waals surface area contributed by atoms with Crippen molar-refractivity contribution in [2.24, 2.45) is 0 Å². The molecule has 0 aromatic heterocycles. The Morgan fingerprint density at radius 2 is 2.50 bits per heavy atom. The number of aliphatic hydroxyl groups is 1. The van der Waals surface area contributed by atoms with Crippen LogP contribution in [-0.4, -0.2) is 24.4 Å². The van der Waals surface area contributed by atoms with Crippen molar-refractivity contribution in [3.63, 3.8) is 0 Å². The van der Waals surface area contributed by atoms with E-state index in [0.717, 1.165) is 19.4 Å². The molecule has 0 radical (unpaired) electrons. The molecule has 0 aromatic carbocycles. The molecule has 8 heavy (non-hydrogen) atoms. The Bertz CT molecular complexity index is 56.9. The van der Waals surface area contributed by atoms with Crippen LogP contribution in [0.3, 0.4) is 0 Å². The fourth-order valence-electron chi connectivity index (χ4n) is 0.788. The second kappa shape index (κ2) is 5.35. The van der Waals surface area contributed by atoms with Crippen molar-refractivity contribution in [3.05, 3.63) is 0 Å². The molecule has 44 valence electrons. The summed E-state index contributed by atoms with van der Waals surface area (Å²) in [5, 5.41) is 8.44. The van der Waals surface area contributed by atoms with Crippen LogP contribution >= 0.6 is 0 Å². The Labute approximate surface area is 93.5 Å². The predicted octanol–water partition coefficient (Wildman–Crippen LogP) is -2.73. The summed E-state index contributed by atoms with van der Waals surface area (Å²) in [7, 11) is 0. The fourth-order valence-corrected chi connectivity index (χ4v) is 0.788. The van der Waals surface area contributed by atoms with E-state index in [1.165, 1.54) is 0 Å². The molecule has 1 N–H and O–H groups in total. The van der Waals surface area contributed by atoms with Crippen molar-refractivity contribution in [1.29, 1.82) is 0 Å². The van der Waals surface area contributed by atoms with Crippen LogP contribution < -0.4 is 51.4 Å². The van der Waals surface area contributed by atoms with Gasteiger partial charge in [0.05, 0.1) is 12.7 Å². The van der Waals surface area contributed by atoms with Crippen molar-refractivity contribution in [3.8, 4) is 0 Å². The Balaban J connectivity index is 0. The summed E-state index contributed by atoms with van der Waals surface area (Å²) in [4.78, 5) is 0. The summed E-state index contributed by atoms with van der Waals surface area (Å²) in [5.74, 6) is 0. The Morgan fingerprint density at radius 1 is 1.75 bits per heavy atom. The minimum atomic E-state index is 0. The van der Waals surface area contributed by atoms with E-state index in [2.05, 4.69) is 0 Å². The topological polar surface area (TPSA) is 29.5 Å². The molecule has 1 unspecified atom stereocenters. The summed E-state index contributed by atoms with van der Waals surface area (Å²) in [6.45, 7) is 1.03. The predicted molar refractivity (Wildman–Crippen MR) is 27.2 cm³/mol. The van der Waals surface area contributed by atoms with E-state index in [9.17, 15) is 0 Å². The molecule has 0 saturated carbocycles. The SMILES string of the molecule is OCC1CCCO1.[H-].[K+]. The summed E-state index contributed by atoms with van der Waals surface area (Å²) >= 11 is 0. The number of ether oxygens (including phenoxy) is 1. The van der Waals surface area contributed by atoms with Gasteiger partial charge in [-0.05, 0) is 12.8 Å². The number of aliphatic hydroxyl groups excluding tert-OH is 1. The standard InChI is InChI=1S/C5H10O2.K.H/c6-4-5-2-1-3-7-5;;/h5-6H,1-4H2;;/q;+1;-1. The third-order valence-electron chi connectivity index (χ3n) is 1.23. The second-order valence-electron chi connectivity index (χ2n) is 1.82. The van der Waals surface area contributed by atoms with Gasteiger partial charge >= 0.3 is 51.4 Å². The molecule has 0 spiro atoms. The summed E-state index contributed by atoms with van der Waals surface area (Å²) in [5.41, 5.74) is 0. The molecule has 1 fully saturated rings. The van der Waals surface area contributed by atoms with Gasteiger partial charge < -0.3 is 11.3 Å². The van der Waals surface area contributed by atoms with E-state index in [4.69, 9.17) is 9.84 Å². The summed E-state index contributed by atoms with van der Waals surface area (Å²) in [6, 6.07) is 0. The molecule has 1 heterocycles. The van der Waals surface area contributed by atoms with Crippen molar-refractivity contribution in [1.82, 2.24) is 0 Å². The zero-order valence-corrected chi connectivity index (χ0v) is 8.38. The number of hydrogen-bond donors (Lipinski definition) is 1. The molecular formula is C5H11KO2. The average molecular weight is 142 g/mol. The molecule has 0 amide bonds. The number of rotatable bonds is 1. The van der Waals surface area contributed by atoms with Gasteiger partial charge in [0.2, 0.25) is 0 Å². The minimum absolute atomic E-state index is 0. The molecule has 0 aromatic rings. The van der Waals surface area contributed by atoms with Crippen LogP contribution in [-0.2, 0) is 4.74 Å². The maximum absolute atomic E-state index is 8.44. The van der Waals surface area contributed by atoms with Gasteiger partial charge in [-0.25, -0.2) is 0 Å². The molecule has 1 rings (SSSR count). The maximum Gasteiger partial charge on any atom is 1.00 e.